The zero-order chi connectivity index (χ0) is 11.1. The van der Waals surface area contributed by atoms with Crippen LogP contribution in [0.5, 0.6) is 0 Å². The largest absolute Gasteiger partial charge is 0.311 e. The van der Waals surface area contributed by atoms with Crippen molar-refractivity contribution in [2.24, 2.45) is 0 Å². The van der Waals surface area contributed by atoms with Gasteiger partial charge >= 0.3 is 0 Å². The van der Waals surface area contributed by atoms with Gasteiger partial charge in [0.05, 0.1) is 0 Å². The molecule has 2 heteroatoms. The Hall–Kier alpha value is -0.790. The fourth-order valence-electron chi connectivity index (χ4n) is 2.04. The van der Waals surface area contributed by atoms with Gasteiger partial charge in [-0.3, -0.25) is 0 Å². The summed E-state index contributed by atoms with van der Waals surface area (Å²) in [5.41, 5.74) is 4.07. The summed E-state index contributed by atoms with van der Waals surface area (Å²) >= 11 is 5.98. The van der Waals surface area contributed by atoms with E-state index < -0.39 is 0 Å². The highest BCUT2D eigenvalue weighted by atomic mass is 35.5. The first-order chi connectivity index (χ1) is 7.04. The molecular weight excluding hydrogens is 206 g/mol. The van der Waals surface area contributed by atoms with E-state index in [4.69, 9.17) is 11.6 Å². The van der Waals surface area contributed by atoms with E-state index in [2.05, 4.69) is 37.4 Å². The number of hydrogen-bond acceptors (Lipinski definition) is 1. The van der Waals surface area contributed by atoms with Gasteiger partial charge in [0.25, 0.3) is 0 Å². The van der Waals surface area contributed by atoms with E-state index in [9.17, 15) is 0 Å². The third kappa shape index (κ3) is 1.82. The summed E-state index contributed by atoms with van der Waals surface area (Å²) in [6, 6.07) is 6.15. The van der Waals surface area contributed by atoms with Crippen molar-refractivity contribution in [2.45, 2.75) is 25.8 Å². The maximum atomic E-state index is 5.98. The molecule has 15 heavy (non-hydrogen) atoms. The van der Waals surface area contributed by atoms with Gasteiger partial charge in [-0.05, 0) is 56.1 Å². The number of fused-ring (bicyclic) bond motifs is 1. The molecule has 0 atom stereocenters. The first-order valence-corrected chi connectivity index (χ1v) is 5.61. The molecule has 1 aliphatic rings. The minimum Gasteiger partial charge on any atom is -0.311 e. The minimum atomic E-state index is 0.0269. The molecule has 0 saturated heterocycles. The Labute approximate surface area is 96.1 Å². The lowest BCUT2D eigenvalue weighted by Crippen LogP contribution is -2.36. The van der Waals surface area contributed by atoms with Crippen LogP contribution in [0.15, 0.2) is 24.3 Å². The number of allylic oxidation sites excluding steroid dienone is 1. The van der Waals surface area contributed by atoms with Crippen LogP contribution in [-0.2, 0) is 6.42 Å². The SMILES string of the molecule is CNC(C)(C)C1=CCc2cc(Cl)ccc21. The van der Waals surface area contributed by atoms with Crippen molar-refractivity contribution in [3.05, 3.63) is 40.4 Å². The molecule has 0 bridgehead atoms. The van der Waals surface area contributed by atoms with E-state index in [0.29, 0.717) is 0 Å². The van der Waals surface area contributed by atoms with E-state index in [0.717, 1.165) is 11.4 Å². The summed E-state index contributed by atoms with van der Waals surface area (Å²) < 4.78 is 0. The molecule has 0 aliphatic heterocycles. The Balaban J connectivity index is 2.43. The van der Waals surface area contributed by atoms with Gasteiger partial charge in [-0.25, -0.2) is 0 Å². The van der Waals surface area contributed by atoms with Crippen LogP contribution in [0, 0.1) is 0 Å². The topological polar surface area (TPSA) is 12.0 Å². The average Bonchev–Trinajstić information content (AvgIpc) is 2.61. The molecule has 0 heterocycles. The molecule has 0 radical (unpaired) electrons. The summed E-state index contributed by atoms with van der Waals surface area (Å²) in [6.45, 7) is 4.39. The van der Waals surface area contributed by atoms with Crippen molar-refractivity contribution in [3.63, 3.8) is 0 Å². The lowest BCUT2D eigenvalue weighted by atomic mass is 9.90. The average molecular weight is 222 g/mol. The van der Waals surface area contributed by atoms with Gasteiger partial charge in [0.15, 0.2) is 0 Å². The molecule has 0 saturated carbocycles. The van der Waals surface area contributed by atoms with Crippen LogP contribution in [0.2, 0.25) is 5.02 Å². The second kappa shape index (κ2) is 3.66. The first kappa shape index (κ1) is 10.7. The quantitative estimate of drug-likeness (QED) is 0.808. The molecule has 1 nitrogen and oxygen atoms in total. The van der Waals surface area contributed by atoms with Crippen molar-refractivity contribution in [1.29, 1.82) is 0 Å². The molecule has 2 rings (SSSR count). The van der Waals surface area contributed by atoms with Crippen LogP contribution in [0.1, 0.15) is 25.0 Å². The van der Waals surface area contributed by atoms with Crippen molar-refractivity contribution >= 4 is 17.2 Å². The smallest absolute Gasteiger partial charge is 0.0409 e. The van der Waals surface area contributed by atoms with Gasteiger partial charge in [0.2, 0.25) is 0 Å². The zero-order valence-corrected chi connectivity index (χ0v) is 10.2. The third-order valence-corrected chi connectivity index (χ3v) is 3.42. The summed E-state index contributed by atoms with van der Waals surface area (Å²) in [6.07, 6.45) is 3.29. The molecule has 0 fully saturated rings. The first-order valence-electron chi connectivity index (χ1n) is 5.23. The Kier molecular flexibility index (Phi) is 2.61. The van der Waals surface area contributed by atoms with Crippen molar-refractivity contribution in [2.75, 3.05) is 7.05 Å². The second-order valence-corrected chi connectivity index (χ2v) is 4.93. The number of nitrogens with one attached hydrogen (secondary N) is 1. The molecule has 0 unspecified atom stereocenters. The predicted octanol–water partition coefficient (Wildman–Crippen LogP) is 3.28. The van der Waals surface area contributed by atoms with Gasteiger partial charge in [0.1, 0.15) is 0 Å². The molecule has 0 spiro atoms. The van der Waals surface area contributed by atoms with Crippen LogP contribution >= 0.6 is 11.6 Å². The summed E-state index contributed by atoms with van der Waals surface area (Å²) in [5, 5.41) is 4.16. The van der Waals surface area contributed by atoms with Gasteiger partial charge < -0.3 is 5.32 Å². The van der Waals surface area contributed by atoms with E-state index in [-0.39, 0.29) is 5.54 Å². The van der Waals surface area contributed by atoms with Crippen molar-refractivity contribution in [1.82, 2.24) is 5.32 Å². The molecule has 1 aromatic rings. The van der Waals surface area contributed by atoms with Gasteiger partial charge in [-0.1, -0.05) is 23.7 Å². The molecular formula is C13H16ClN. The Bertz CT molecular complexity index is 419. The highest BCUT2D eigenvalue weighted by Gasteiger charge is 2.26. The van der Waals surface area contributed by atoms with E-state index in [1.165, 1.54) is 16.7 Å². The number of likely N-dealkylation sites (N-methyl/N-ethyl adjacent to an activating group) is 1. The minimum absolute atomic E-state index is 0.0269. The van der Waals surface area contributed by atoms with Crippen molar-refractivity contribution < 1.29 is 0 Å². The highest BCUT2D eigenvalue weighted by molar-refractivity contribution is 6.30. The summed E-state index contributed by atoms with van der Waals surface area (Å²) in [5.74, 6) is 0. The second-order valence-electron chi connectivity index (χ2n) is 4.50. The summed E-state index contributed by atoms with van der Waals surface area (Å²) in [7, 11) is 1.99. The van der Waals surface area contributed by atoms with Crippen molar-refractivity contribution in [3.8, 4) is 0 Å². The summed E-state index contributed by atoms with van der Waals surface area (Å²) in [4.78, 5) is 0. The van der Waals surface area contributed by atoms with Crippen LogP contribution in [0.4, 0.5) is 0 Å². The van der Waals surface area contributed by atoms with Gasteiger partial charge in [-0.2, -0.15) is 0 Å². The Morgan fingerprint density at radius 3 is 2.73 bits per heavy atom. The van der Waals surface area contributed by atoms with Gasteiger partial charge in [0, 0.05) is 10.6 Å². The number of benzene rings is 1. The van der Waals surface area contributed by atoms with Gasteiger partial charge in [-0.15, -0.1) is 0 Å². The molecule has 1 aliphatic carbocycles. The molecule has 1 N–H and O–H groups in total. The van der Waals surface area contributed by atoms with Crippen LogP contribution in [0.25, 0.3) is 5.57 Å². The standard InChI is InChI=1S/C13H16ClN/c1-13(2,15-3)12-7-4-9-8-10(14)5-6-11(9)12/h5-8,15H,4H2,1-3H3. The number of halogens is 1. The normalized spacial score (nSPS) is 15.1. The highest BCUT2D eigenvalue weighted by Crippen LogP contribution is 2.35. The van der Waals surface area contributed by atoms with E-state index in [1.54, 1.807) is 0 Å². The van der Waals surface area contributed by atoms with Crippen LogP contribution in [-0.4, -0.2) is 12.6 Å². The van der Waals surface area contributed by atoms with E-state index >= 15 is 0 Å². The fourth-order valence-corrected chi connectivity index (χ4v) is 2.24. The maximum absolute atomic E-state index is 5.98. The fraction of sp³-hybridized carbons (Fsp3) is 0.385. The molecule has 0 aromatic heterocycles. The predicted molar refractivity (Wildman–Crippen MR) is 66.3 cm³/mol. The Morgan fingerprint density at radius 1 is 1.33 bits per heavy atom. The Morgan fingerprint density at radius 2 is 2.07 bits per heavy atom. The maximum Gasteiger partial charge on any atom is 0.0409 e. The van der Waals surface area contributed by atoms with E-state index in [1.807, 2.05) is 13.1 Å². The molecule has 80 valence electrons. The number of rotatable bonds is 2. The molecule has 1 aromatic carbocycles. The van der Waals surface area contributed by atoms with Crippen LogP contribution < -0.4 is 5.32 Å². The lowest BCUT2D eigenvalue weighted by Gasteiger charge is -2.26. The third-order valence-electron chi connectivity index (χ3n) is 3.18. The monoisotopic (exact) mass is 221 g/mol. The molecule has 0 amide bonds. The number of hydrogen-bond donors (Lipinski definition) is 1. The zero-order valence-electron chi connectivity index (χ0n) is 9.39. The van der Waals surface area contributed by atoms with Crippen LogP contribution in [0.3, 0.4) is 0 Å². The lowest BCUT2D eigenvalue weighted by molar-refractivity contribution is 0.546.